The summed E-state index contributed by atoms with van der Waals surface area (Å²) in [7, 11) is 0. The highest BCUT2D eigenvalue weighted by atomic mass is 19.3. The number of hydrogen-bond acceptors (Lipinski definition) is 3. The van der Waals surface area contributed by atoms with Crippen molar-refractivity contribution in [1.82, 2.24) is 14.8 Å². The molecule has 3 rings (SSSR count). The molecule has 0 saturated heterocycles. The van der Waals surface area contributed by atoms with Crippen molar-refractivity contribution in [2.75, 3.05) is 0 Å². The highest BCUT2D eigenvalue weighted by Gasteiger charge is 2.35. The summed E-state index contributed by atoms with van der Waals surface area (Å²) < 4.78 is 30.0. The topological polar surface area (TPSA) is 68.0 Å². The van der Waals surface area contributed by atoms with Crippen LogP contribution in [0.4, 0.5) is 8.78 Å². The second kappa shape index (κ2) is 10.5. The summed E-state index contributed by atoms with van der Waals surface area (Å²) in [4.78, 5) is 15.7. The van der Waals surface area contributed by atoms with Crippen molar-refractivity contribution in [3.8, 4) is 11.1 Å². The maximum Gasteiger partial charge on any atom is 0.336 e. The predicted molar refractivity (Wildman–Crippen MR) is 120 cm³/mol. The van der Waals surface area contributed by atoms with E-state index >= 15 is 0 Å². The molecule has 0 radical (unpaired) electrons. The van der Waals surface area contributed by atoms with Gasteiger partial charge in [0, 0.05) is 19.4 Å². The van der Waals surface area contributed by atoms with Crippen LogP contribution in [0.25, 0.3) is 11.1 Å². The molecule has 1 heterocycles. The number of alkyl halides is 2. The molecule has 3 aromatic rings. The van der Waals surface area contributed by atoms with Crippen LogP contribution in [0.5, 0.6) is 0 Å². The molecule has 0 saturated carbocycles. The van der Waals surface area contributed by atoms with Crippen LogP contribution in [-0.4, -0.2) is 25.8 Å². The number of carboxylic acids is 1. The highest BCUT2D eigenvalue weighted by Crippen LogP contribution is 2.29. The Kier molecular flexibility index (Phi) is 7.72. The van der Waals surface area contributed by atoms with Gasteiger partial charge in [-0.1, -0.05) is 75.6 Å². The molecule has 7 heteroatoms. The van der Waals surface area contributed by atoms with Crippen molar-refractivity contribution in [2.24, 2.45) is 0 Å². The molecule has 0 amide bonds. The maximum absolute atomic E-state index is 14.2. The SMILES string of the molecule is CCCCCCn1nc(C(F)(F)CC)nc1Cc1ccc(-c2ccccc2C(=O)O)cc1. The zero-order valence-corrected chi connectivity index (χ0v) is 18.5. The van der Waals surface area contributed by atoms with Crippen LogP contribution in [-0.2, 0) is 18.9 Å². The number of aromatic nitrogens is 3. The Hall–Kier alpha value is -3.09. The Morgan fingerprint density at radius 1 is 1.03 bits per heavy atom. The van der Waals surface area contributed by atoms with Gasteiger partial charge in [0.05, 0.1) is 5.56 Å². The lowest BCUT2D eigenvalue weighted by molar-refractivity contribution is -0.0177. The van der Waals surface area contributed by atoms with Gasteiger partial charge in [-0.2, -0.15) is 8.78 Å². The second-order valence-electron chi connectivity index (χ2n) is 7.92. The molecule has 1 N–H and O–H groups in total. The Labute approximate surface area is 187 Å². The number of carboxylic acid groups (broad SMARTS) is 1. The minimum absolute atomic E-state index is 0.235. The number of aromatic carboxylic acids is 1. The zero-order chi connectivity index (χ0) is 23.1. The van der Waals surface area contributed by atoms with Gasteiger partial charge in [0.25, 0.3) is 0 Å². The Morgan fingerprint density at radius 3 is 2.41 bits per heavy atom. The van der Waals surface area contributed by atoms with E-state index in [2.05, 4.69) is 17.0 Å². The van der Waals surface area contributed by atoms with Gasteiger partial charge in [-0.15, -0.1) is 5.10 Å². The van der Waals surface area contributed by atoms with E-state index in [0.29, 0.717) is 24.4 Å². The van der Waals surface area contributed by atoms with E-state index in [4.69, 9.17) is 0 Å². The molecule has 0 aliphatic heterocycles. The smallest absolute Gasteiger partial charge is 0.336 e. The first-order valence-corrected chi connectivity index (χ1v) is 11.1. The molecule has 0 fully saturated rings. The number of hydrogen-bond donors (Lipinski definition) is 1. The van der Waals surface area contributed by atoms with Crippen LogP contribution in [0.2, 0.25) is 0 Å². The lowest BCUT2D eigenvalue weighted by atomic mass is 9.98. The first-order valence-electron chi connectivity index (χ1n) is 11.1. The van der Waals surface area contributed by atoms with Gasteiger partial charge in [0.1, 0.15) is 5.82 Å². The van der Waals surface area contributed by atoms with Crippen molar-refractivity contribution in [3.05, 3.63) is 71.3 Å². The average molecular weight is 442 g/mol. The van der Waals surface area contributed by atoms with E-state index in [9.17, 15) is 18.7 Å². The van der Waals surface area contributed by atoms with E-state index in [1.54, 1.807) is 28.9 Å². The molecule has 0 unspecified atom stereocenters. The fraction of sp³-hybridized carbons (Fsp3) is 0.400. The minimum Gasteiger partial charge on any atom is -0.478 e. The van der Waals surface area contributed by atoms with E-state index in [0.717, 1.165) is 36.8 Å². The lowest BCUT2D eigenvalue weighted by Crippen LogP contribution is -2.14. The fourth-order valence-electron chi connectivity index (χ4n) is 3.59. The molecule has 170 valence electrons. The normalized spacial score (nSPS) is 11.6. The van der Waals surface area contributed by atoms with Crippen molar-refractivity contribution >= 4 is 5.97 Å². The third-order valence-electron chi connectivity index (χ3n) is 5.53. The summed E-state index contributed by atoms with van der Waals surface area (Å²) in [5.74, 6) is -3.93. The zero-order valence-electron chi connectivity index (χ0n) is 18.5. The van der Waals surface area contributed by atoms with E-state index in [1.807, 2.05) is 24.3 Å². The summed E-state index contributed by atoms with van der Waals surface area (Å²) in [6.45, 7) is 4.11. The lowest BCUT2D eigenvalue weighted by Gasteiger charge is -2.09. The molecular weight excluding hydrogens is 412 g/mol. The monoisotopic (exact) mass is 441 g/mol. The maximum atomic E-state index is 14.2. The Balaban J connectivity index is 1.83. The molecule has 32 heavy (non-hydrogen) atoms. The van der Waals surface area contributed by atoms with E-state index < -0.39 is 17.7 Å². The minimum atomic E-state index is -3.05. The van der Waals surface area contributed by atoms with Gasteiger partial charge in [0.2, 0.25) is 5.82 Å². The van der Waals surface area contributed by atoms with Gasteiger partial charge in [-0.25, -0.2) is 14.5 Å². The van der Waals surface area contributed by atoms with Gasteiger partial charge >= 0.3 is 11.9 Å². The molecule has 1 aromatic heterocycles. The van der Waals surface area contributed by atoms with Crippen LogP contribution in [0.15, 0.2) is 48.5 Å². The summed E-state index contributed by atoms with van der Waals surface area (Å²) in [5, 5.41) is 13.6. The van der Waals surface area contributed by atoms with Crippen molar-refractivity contribution in [3.63, 3.8) is 0 Å². The van der Waals surface area contributed by atoms with Crippen molar-refractivity contribution in [2.45, 2.75) is 64.8 Å². The van der Waals surface area contributed by atoms with Crippen LogP contribution in [0.1, 0.15) is 73.5 Å². The number of benzene rings is 2. The number of aryl methyl sites for hydroxylation is 1. The Morgan fingerprint density at radius 2 is 1.75 bits per heavy atom. The third-order valence-corrected chi connectivity index (χ3v) is 5.53. The quantitative estimate of drug-likeness (QED) is 0.354. The average Bonchev–Trinajstić information content (AvgIpc) is 3.20. The first-order chi connectivity index (χ1) is 15.4. The molecular formula is C25H29F2N3O2. The molecule has 0 atom stereocenters. The molecule has 0 spiro atoms. The largest absolute Gasteiger partial charge is 0.478 e. The van der Waals surface area contributed by atoms with Crippen LogP contribution < -0.4 is 0 Å². The summed E-state index contributed by atoms with van der Waals surface area (Å²) >= 11 is 0. The van der Waals surface area contributed by atoms with Gasteiger partial charge in [0.15, 0.2) is 0 Å². The van der Waals surface area contributed by atoms with Gasteiger partial charge < -0.3 is 5.11 Å². The second-order valence-corrected chi connectivity index (χ2v) is 7.92. The highest BCUT2D eigenvalue weighted by molar-refractivity contribution is 5.95. The molecule has 5 nitrogen and oxygen atoms in total. The van der Waals surface area contributed by atoms with Crippen molar-refractivity contribution < 1.29 is 18.7 Å². The van der Waals surface area contributed by atoms with Crippen molar-refractivity contribution in [1.29, 1.82) is 0 Å². The summed E-state index contributed by atoms with van der Waals surface area (Å²) in [5.41, 5.74) is 2.55. The number of carbonyl (C=O) groups is 1. The van der Waals surface area contributed by atoms with Gasteiger partial charge in [-0.3, -0.25) is 0 Å². The third kappa shape index (κ3) is 5.58. The summed E-state index contributed by atoms with van der Waals surface area (Å²) in [6, 6.07) is 14.3. The number of halogens is 2. The molecule has 0 bridgehead atoms. The number of unbranched alkanes of at least 4 members (excludes halogenated alkanes) is 3. The van der Waals surface area contributed by atoms with Crippen LogP contribution in [0.3, 0.4) is 0 Å². The number of nitrogens with zero attached hydrogens (tertiary/aromatic N) is 3. The molecule has 0 aliphatic rings. The summed E-state index contributed by atoms with van der Waals surface area (Å²) in [6.07, 6.45) is 4.12. The standard InChI is InChI=1S/C25H29F2N3O2/c1-3-5-6-9-16-30-22(28-24(29-30)25(26,27)4-2)17-18-12-14-19(15-13-18)20-10-7-8-11-21(20)23(31)32/h7-8,10-15H,3-6,9,16-17H2,1-2H3,(H,31,32). The number of rotatable bonds is 11. The van der Waals surface area contributed by atoms with Crippen LogP contribution >= 0.6 is 0 Å². The first kappa shape index (κ1) is 23.6. The predicted octanol–water partition coefficient (Wildman–Crippen LogP) is 6.32. The molecule has 2 aromatic carbocycles. The van der Waals surface area contributed by atoms with Crippen LogP contribution in [0, 0.1) is 0 Å². The van der Waals surface area contributed by atoms with E-state index in [1.165, 1.54) is 6.92 Å². The Bertz CT molecular complexity index is 1050. The fourth-order valence-corrected chi connectivity index (χ4v) is 3.59. The van der Waals surface area contributed by atoms with Gasteiger partial charge in [-0.05, 0) is 29.2 Å². The molecule has 0 aliphatic carbocycles. The van der Waals surface area contributed by atoms with E-state index in [-0.39, 0.29) is 12.0 Å².